The summed E-state index contributed by atoms with van der Waals surface area (Å²) in [6.45, 7) is 8.68. The predicted molar refractivity (Wildman–Crippen MR) is 64.3 cm³/mol. The molecule has 3 rings (SSSR count). The maximum atomic E-state index is 10.8. The fourth-order valence-corrected chi connectivity index (χ4v) is 3.33. The number of hydrogen-bond acceptors (Lipinski definition) is 6. The van der Waals surface area contributed by atoms with Crippen LogP contribution in [0.2, 0.25) is 0 Å². The molecule has 0 aromatic rings. The second-order valence-electron chi connectivity index (χ2n) is 6.76. The number of rotatable bonds is 0. The van der Waals surface area contributed by atoms with Crippen LogP contribution in [0.3, 0.4) is 0 Å². The number of aliphatic hydroxyl groups is 2. The lowest BCUT2D eigenvalue weighted by atomic mass is 9.76. The van der Waals surface area contributed by atoms with Crippen molar-refractivity contribution >= 4 is 0 Å². The molecule has 1 aliphatic carbocycles. The average Bonchev–Trinajstić information content (AvgIpc) is 2.74. The molecule has 0 amide bonds. The molecule has 19 heavy (non-hydrogen) atoms. The molecule has 2 aliphatic heterocycles. The fourth-order valence-electron chi connectivity index (χ4n) is 3.33. The predicted octanol–water partition coefficient (Wildman–Crippen LogP) is 0.152. The average molecular weight is 274 g/mol. The van der Waals surface area contributed by atoms with Gasteiger partial charge in [-0.2, -0.15) is 0 Å². The van der Waals surface area contributed by atoms with Crippen molar-refractivity contribution in [3.05, 3.63) is 0 Å². The zero-order chi connectivity index (χ0) is 14.2. The molecular weight excluding hydrogens is 252 g/mol. The van der Waals surface area contributed by atoms with E-state index in [-0.39, 0.29) is 0 Å². The molecule has 3 fully saturated rings. The van der Waals surface area contributed by atoms with E-state index in [9.17, 15) is 10.2 Å². The molecule has 6 atom stereocenters. The smallest absolute Gasteiger partial charge is 0.164 e. The zero-order valence-corrected chi connectivity index (χ0v) is 11.9. The first-order valence-corrected chi connectivity index (χ1v) is 6.65. The quantitative estimate of drug-likeness (QED) is 0.655. The highest BCUT2D eigenvalue weighted by atomic mass is 16.8. The van der Waals surface area contributed by atoms with Crippen molar-refractivity contribution < 1.29 is 29.2 Å². The lowest BCUT2D eigenvalue weighted by molar-refractivity contribution is -0.212. The molecule has 2 saturated heterocycles. The lowest BCUT2D eigenvalue weighted by Crippen LogP contribution is -2.67. The fraction of sp³-hybridized carbons (Fsp3) is 1.00. The Bertz CT molecular complexity index is 357. The molecule has 2 N–H and O–H groups in total. The third-order valence-electron chi connectivity index (χ3n) is 4.08. The van der Waals surface area contributed by atoms with Crippen molar-refractivity contribution in [3.63, 3.8) is 0 Å². The minimum atomic E-state index is -1.28. The molecule has 1 saturated carbocycles. The molecule has 110 valence electrons. The summed E-state index contributed by atoms with van der Waals surface area (Å²) in [5.74, 6) is -1.68. The van der Waals surface area contributed by atoms with E-state index in [2.05, 4.69) is 0 Å². The van der Waals surface area contributed by atoms with Crippen molar-refractivity contribution in [1.82, 2.24) is 0 Å². The van der Waals surface area contributed by atoms with Crippen LogP contribution in [0.1, 0.15) is 34.6 Å². The third kappa shape index (κ3) is 1.93. The molecule has 6 heteroatoms. The van der Waals surface area contributed by atoms with Crippen molar-refractivity contribution in [2.75, 3.05) is 0 Å². The van der Waals surface area contributed by atoms with Crippen LogP contribution in [-0.2, 0) is 18.9 Å². The third-order valence-corrected chi connectivity index (χ3v) is 4.08. The van der Waals surface area contributed by atoms with Gasteiger partial charge in [-0.25, -0.2) is 0 Å². The Morgan fingerprint density at radius 1 is 0.737 bits per heavy atom. The van der Waals surface area contributed by atoms with Crippen molar-refractivity contribution in [1.29, 1.82) is 0 Å². The van der Waals surface area contributed by atoms with Crippen molar-refractivity contribution in [2.45, 2.75) is 82.3 Å². The molecule has 0 bridgehead atoms. The Morgan fingerprint density at radius 2 is 1.11 bits per heavy atom. The highest BCUT2D eigenvalue weighted by Crippen LogP contribution is 2.48. The summed E-state index contributed by atoms with van der Waals surface area (Å²) in [6, 6.07) is 0. The molecule has 2 heterocycles. The Balaban J connectivity index is 1.96. The number of fused-ring (bicyclic) bond motifs is 2. The van der Waals surface area contributed by atoms with E-state index in [1.165, 1.54) is 0 Å². The SMILES string of the molecule is CC1(C)O[C@@H]2[C@@H](O)[C@@H]3OC(C)(C)O[C@H]3[C@](C)(O)[C@@H]2O1. The topological polar surface area (TPSA) is 77.4 Å². The summed E-state index contributed by atoms with van der Waals surface area (Å²) in [4.78, 5) is 0. The van der Waals surface area contributed by atoms with Gasteiger partial charge in [-0.1, -0.05) is 0 Å². The first-order valence-electron chi connectivity index (χ1n) is 6.65. The molecule has 0 unspecified atom stereocenters. The minimum absolute atomic E-state index is 0.622. The molecule has 0 aromatic heterocycles. The number of hydrogen-bond donors (Lipinski definition) is 2. The minimum Gasteiger partial charge on any atom is -0.387 e. The van der Waals surface area contributed by atoms with E-state index >= 15 is 0 Å². The molecule has 0 spiro atoms. The summed E-state index contributed by atoms with van der Waals surface area (Å²) in [6.07, 6.45) is -3.42. The molecular formula is C13H22O6. The first-order chi connectivity index (χ1) is 8.54. The van der Waals surface area contributed by atoms with Crippen LogP contribution < -0.4 is 0 Å². The van der Waals surface area contributed by atoms with E-state index in [4.69, 9.17) is 18.9 Å². The van der Waals surface area contributed by atoms with Gasteiger partial charge in [0.05, 0.1) is 0 Å². The maximum Gasteiger partial charge on any atom is 0.164 e. The van der Waals surface area contributed by atoms with Gasteiger partial charge >= 0.3 is 0 Å². The van der Waals surface area contributed by atoms with Crippen LogP contribution in [-0.4, -0.2) is 57.9 Å². The van der Waals surface area contributed by atoms with Crippen LogP contribution in [0, 0.1) is 0 Å². The highest BCUT2D eigenvalue weighted by molar-refractivity contribution is 5.13. The Hall–Kier alpha value is -0.240. The number of aliphatic hydroxyl groups excluding tert-OH is 1. The monoisotopic (exact) mass is 274 g/mol. The van der Waals surface area contributed by atoms with Crippen molar-refractivity contribution in [3.8, 4) is 0 Å². The van der Waals surface area contributed by atoms with Gasteiger partial charge in [-0.15, -0.1) is 0 Å². The van der Waals surface area contributed by atoms with Crippen molar-refractivity contribution in [2.24, 2.45) is 0 Å². The van der Waals surface area contributed by atoms with Crippen LogP contribution in [0.15, 0.2) is 0 Å². The van der Waals surface area contributed by atoms with E-state index in [0.717, 1.165) is 0 Å². The van der Waals surface area contributed by atoms with Gasteiger partial charge < -0.3 is 29.2 Å². The Kier molecular flexibility index (Phi) is 2.67. The zero-order valence-electron chi connectivity index (χ0n) is 11.9. The summed E-state index contributed by atoms with van der Waals surface area (Å²) in [5, 5.41) is 21.2. The molecule has 0 radical (unpaired) electrons. The van der Waals surface area contributed by atoms with Crippen LogP contribution in [0.4, 0.5) is 0 Å². The second kappa shape index (κ2) is 3.69. The van der Waals surface area contributed by atoms with E-state index < -0.39 is 47.7 Å². The molecule has 0 aromatic carbocycles. The first kappa shape index (κ1) is 13.7. The van der Waals surface area contributed by atoms with Gasteiger partial charge in [0.25, 0.3) is 0 Å². The summed E-state index contributed by atoms with van der Waals surface area (Å²) >= 11 is 0. The lowest BCUT2D eigenvalue weighted by Gasteiger charge is -2.45. The summed E-state index contributed by atoms with van der Waals surface area (Å²) in [5.41, 5.74) is -1.28. The van der Waals surface area contributed by atoms with E-state index in [0.29, 0.717) is 0 Å². The second-order valence-corrected chi connectivity index (χ2v) is 6.76. The number of ether oxygens (including phenoxy) is 4. The maximum absolute atomic E-state index is 10.8. The van der Waals surface area contributed by atoms with Gasteiger partial charge in [0.2, 0.25) is 0 Å². The Morgan fingerprint density at radius 3 is 1.47 bits per heavy atom. The Labute approximate surface area is 112 Å². The standard InChI is InChI=1S/C13H22O6/c1-11(2)16-7-6(14)8-10(19-12(3,4)17-8)13(5,15)9(7)18-11/h6-10,14-15H,1-5H3/t6-,7-,8+,9-,10-,13-/m1/s1. The van der Waals surface area contributed by atoms with Crippen LogP contribution in [0.25, 0.3) is 0 Å². The highest BCUT2D eigenvalue weighted by Gasteiger charge is 2.67. The van der Waals surface area contributed by atoms with Crippen LogP contribution >= 0.6 is 0 Å². The van der Waals surface area contributed by atoms with Gasteiger partial charge in [0.1, 0.15) is 36.1 Å². The van der Waals surface area contributed by atoms with Gasteiger partial charge in [-0.05, 0) is 34.6 Å². The van der Waals surface area contributed by atoms with Gasteiger partial charge in [0, 0.05) is 0 Å². The van der Waals surface area contributed by atoms with E-state index in [1.54, 1.807) is 34.6 Å². The van der Waals surface area contributed by atoms with E-state index in [1.807, 2.05) is 0 Å². The van der Waals surface area contributed by atoms with Gasteiger partial charge in [-0.3, -0.25) is 0 Å². The summed E-state index contributed by atoms with van der Waals surface area (Å²) < 4.78 is 22.9. The largest absolute Gasteiger partial charge is 0.387 e. The van der Waals surface area contributed by atoms with Gasteiger partial charge in [0.15, 0.2) is 11.6 Å². The van der Waals surface area contributed by atoms with Crippen LogP contribution in [0.5, 0.6) is 0 Å². The normalized spacial score (nSPS) is 54.8. The summed E-state index contributed by atoms with van der Waals surface area (Å²) in [7, 11) is 0. The molecule has 3 aliphatic rings. The molecule has 6 nitrogen and oxygen atoms in total.